The molecule has 0 aliphatic carbocycles. The molecule has 1 fully saturated rings. The van der Waals surface area contributed by atoms with E-state index < -0.39 is 0 Å². The van der Waals surface area contributed by atoms with Crippen molar-refractivity contribution in [3.8, 4) is 17.2 Å². The van der Waals surface area contributed by atoms with Crippen molar-refractivity contribution in [3.63, 3.8) is 0 Å². The average molecular weight is 415 g/mol. The first-order chi connectivity index (χ1) is 14.7. The molecule has 0 aromatic heterocycles. The number of hydrogen-bond acceptors (Lipinski definition) is 6. The number of phenols is 1. The Morgan fingerprint density at radius 3 is 2.37 bits per heavy atom. The Hall–Kier alpha value is -2.28. The normalized spacial score (nSPS) is 17.8. The van der Waals surface area contributed by atoms with Crippen LogP contribution in [0.4, 0.5) is 0 Å². The molecular formula is C24H34N2O4. The number of ether oxygens (including phenoxy) is 2. The molecule has 2 aromatic carbocycles. The molecule has 1 heterocycles. The van der Waals surface area contributed by atoms with Gasteiger partial charge in [-0.25, -0.2) is 0 Å². The van der Waals surface area contributed by atoms with Crippen molar-refractivity contribution < 1.29 is 19.7 Å². The lowest BCUT2D eigenvalue weighted by atomic mass is 10.1. The minimum Gasteiger partial charge on any atom is -0.504 e. The van der Waals surface area contributed by atoms with E-state index in [1.54, 1.807) is 6.07 Å². The minimum atomic E-state index is 0.160. The summed E-state index contributed by atoms with van der Waals surface area (Å²) in [4.78, 5) is 4.77. The predicted octanol–water partition coefficient (Wildman–Crippen LogP) is 3.26. The van der Waals surface area contributed by atoms with Gasteiger partial charge in [0.15, 0.2) is 11.5 Å². The van der Waals surface area contributed by atoms with E-state index in [0.29, 0.717) is 25.5 Å². The average Bonchev–Trinajstić information content (AvgIpc) is 2.75. The molecule has 2 N–H and O–H groups in total. The van der Waals surface area contributed by atoms with Crippen LogP contribution in [0.5, 0.6) is 17.2 Å². The first kappa shape index (κ1) is 22.4. The van der Waals surface area contributed by atoms with Crippen LogP contribution in [0.1, 0.15) is 31.4 Å². The molecule has 6 heteroatoms. The van der Waals surface area contributed by atoms with Crippen LogP contribution < -0.4 is 9.47 Å². The number of para-hydroxylation sites is 2. The van der Waals surface area contributed by atoms with E-state index in [9.17, 15) is 10.2 Å². The topological polar surface area (TPSA) is 65.4 Å². The molecule has 164 valence electrons. The van der Waals surface area contributed by atoms with Gasteiger partial charge in [-0.2, -0.15) is 0 Å². The molecule has 30 heavy (non-hydrogen) atoms. The van der Waals surface area contributed by atoms with E-state index in [-0.39, 0.29) is 18.4 Å². The van der Waals surface area contributed by atoms with Crippen molar-refractivity contribution in [2.45, 2.75) is 39.4 Å². The molecule has 2 aromatic rings. The fourth-order valence-electron chi connectivity index (χ4n) is 4.09. The number of phenolic OH excluding ortho intramolecular Hbond substituents is 1. The fourth-order valence-corrected chi connectivity index (χ4v) is 4.09. The Balaban J connectivity index is 1.68. The largest absolute Gasteiger partial charge is 0.504 e. The second-order valence-electron chi connectivity index (χ2n) is 7.61. The molecule has 0 saturated carbocycles. The fraction of sp³-hybridized carbons (Fsp3) is 0.500. The summed E-state index contributed by atoms with van der Waals surface area (Å²) in [6, 6.07) is 14.1. The summed E-state index contributed by atoms with van der Waals surface area (Å²) in [6.07, 6.45) is 0.721. The molecule has 0 radical (unpaired) electrons. The number of aliphatic hydroxyl groups is 1. The van der Waals surface area contributed by atoms with Crippen molar-refractivity contribution in [2.75, 3.05) is 39.5 Å². The maximum absolute atomic E-state index is 10.5. The number of rotatable bonds is 10. The van der Waals surface area contributed by atoms with Crippen LogP contribution in [-0.4, -0.2) is 65.5 Å². The Kier molecular flexibility index (Phi) is 8.37. The number of aromatic hydroxyl groups is 1. The number of benzene rings is 2. The van der Waals surface area contributed by atoms with Crippen molar-refractivity contribution in [2.24, 2.45) is 0 Å². The van der Waals surface area contributed by atoms with Gasteiger partial charge in [0.25, 0.3) is 0 Å². The molecule has 1 saturated heterocycles. The first-order valence-corrected chi connectivity index (χ1v) is 10.9. The smallest absolute Gasteiger partial charge is 0.162 e. The summed E-state index contributed by atoms with van der Waals surface area (Å²) in [5, 5.41) is 20.2. The Bertz CT molecular complexity index is 799. The van der Waals surface area contributed by atoms with Crippen LogP contribution in [0.25, 0.3) is 0 Å². The zero-order valence-corrected chi connectivity index (χ0v) is 18.1. The number of hydrogen-bond donors (Lipinski definition) is 2. The van der Waals surface area contributed by atoms with E-state index in [1.807, 2.05) is 44.2 Å². The van der Waals surface area contributed by atoms with Crippen molar-refractivity contribution in [1.82, 2.24) is 9.80 Å². The molecule has 1 aliphatic rings. The van der Waals surface area contributed by atoms with Gasteiger partial charge in [0.2, 0.25) is 0 Å². The molecule has 0 spiro atoms. The number of aliphatic hydroxyl groups excluding tert-OH is 1. The minimum absolute atomic E-state index is 0.160. The van der Waals surface area contributed by atoms with Gasteiger partial charge in [-0.05, 0) is 32.4 Å². The van der Waals surface area contributed by atoms with Gasteiger partial charge in [-0.15, -0.1) is 0 Å². The van der Waals surface area contributed by atoms with Crippen molar-refractivity contribution >= 4 is 0 Å². The zero-order valence-electron chi connectivity index (χ0n) is 18.1. The Morgan fingerprint density at radius 1 is 0.900 bits per heavy atom. The van der Waals surface area contributed by atoms with E-state index in [1.165, 1.54) is 5.56 Å². The Labute approximate surface area is 179 Å². The zero-order chi connectivity index (χ0) is 21.3. The van der Waals surface area contributed by atoms with Crippen molar-refractivity contribution in [1.29, 1.82) is 0 Å². The van der Waals surface area contributed by atoms with Gasteiger partial charge in [0, 0.05) is 56.5 Å². The molecular weight excluding hydrogens is 380 g/mol. The van der Waals surface area contributed by atoms with Crippen LogP contribution in [0, 0.1) is 0 Å². The van der Waals surface area contributed by atoms with Gasteiger partial charge < -0.3 is 19.7 Å². The lowest BCUT2D eigenvalue weighted by Gasteiger charge is -2.41. The molecule has 1 unspecified atom stereocenters. The van der Waals surface area contributed by atoms with Crippen molar-refractivity contribution in [3.05, 3.63) is 53.6 Å². The van der Waals surface area contributed by atoms with Crippen LogP contribution in [0.3, 0.4) is 0 Å². The quantitative estimate of drug-likeness (QED) is 0.622. The molecule has 0 amide bonds. The van der Waals surface area contributed by atoms with Gasteiger partial charge in [-0.1, -0.05) is 30.3 Å². The van der Waals surface area contributed by atoms with Gasteiger partial charge >= 0.3 is 0 Å². The highest BCUT2D eigenvalue weighted by molar-refractivity contribution is 5.45. The molecule has 1 aliphatic heterocycles. The van der Waals surface area contributed by atoms with E-state index >= 15 is 0 Å². The SMILES string of the molecule is CCOc1ccccc1CN1CCN(Cc2cccc(OCC)c2O)CC1CCO. The maximum atomic E-state index is 10.5. The standard InChI is InChI=1S/C24H34N2O4/c1-3-29-22-10-6-5-8-19(22)17-26-14-13-25(18-21(26)12-15-27)16-20-9-7-11-23(24(20)28)30-4-2/h5-11,21,27-28H,3-4,12-18H2,1-2H3. The van der Waals surface area contributed by atoms with Crippen LogP contribution in [0.2, 0.25) is 0 Å². The molecule has 0 bridgehead atoms. The number of nitrogens with zero attached hydrogens (tertiary/aromatic N) is 2. The monoisotopic (exact) mass is 414 g/mol. The highest BCUT2D eigenvalue weighted by atomic mass is 16.5. The highest BCUT2D eigenvalue weighted by Gasteiger charge is 2.28. The second kappa shape index (κ2) is 11.2. The van der Waals surface area contributed by atoms with Crippen LogP contribution in [0.15, 0.2) is 42.5 Å². The van der Waals surface area contributed by atoms with Crippen LogP contribution >= 0.6 is 0 Å². The van der Waals surface area contributed by atoms with Gasteiger partial charge in [0.1, 0.15) is 5.75 Å². The molecule has 6 nitrogen and oxygen atoms in total. The van der Waals surface area contributed by atoms with Gasteiger partial charge in [-0.3, -0.25) is 9.80 Å². The van der Waals surface area contributed by atoms with E-state index in [0.717, 1.165) is 43.9 Å². The molecule has 1 atom stereocenters. The lowest BCUT2D eigenvalue weighted by molar-refractivity contribution is 0.0490. The predicted molar refractivity (Wildman–Crippen MR) is 118 cm³/mol. The second-order valence-corrected chi connectivity index (χ2v) is 7.61. The lowest BCUT2D eigenvalue weighted by Crippen LogP contribution is -2.52. The summed E-state index contributed by atoms with van der Waals surface area (Å²) in [6.45, 7) is 9.36. The third kappa shape index (κ3) is 5.65. The number of piperazine rings is 1. The summed E-state index contributed by atoms with van der Waals surface area (Å²) < 4.78 is 11.3. The Morgan fingerprint density at radius 2 is 1.60 bits per heavy atom. The summed E-state index contributed by atoms with van der Waals surface area (Å²) in [7, 11) is 0. The third-order valence-electron chi connectivity index (χ3n) is 5.57. The summed E-state index contributed by atoms with van der Waals surface area (Å²) in [5.41, 5.74) is 2.05. The van der Waals surface area contributed by atoms with Crippen LogP contribution in [-0.2, 0) is 13.1 Å². The third-order valence-corrected chi connectivity index (χ3v) is 5.57. The first-order valence-electron chi connectivity index (χ1n) is 10.9. The van der Waals surface area contributed by atoms with E-state index in [2.05, 4.69) is 15.9 Å². The highest BCUT2D eigenvalue weighted by Crippen LogP contribution is 2.31. The maximum Gasteiger partial charge on any atom is 0.162 e. The molecule has 3 rings (SSSR count). The summed E-state index contributed by atoms with van der Waals surface area (Å²) >= 11 is 0. The van der Waals surface area contributed by atoms with Gasteiger partial charge in [0.05, 0.1) is 13.2 Å². The summed E-state index contributed by atoms with van der Waals surface area (Å²) in [5.74, 6) is 1.70. The van der Waals surface area contributed by atoms with E-state index in [4.69, 9.17) is 9.47 Å².